The first kappa shape index (κ1) is 25.2. The van der Waals surface area contributed by atoms with Crippen molar-refractivity contribution in [3.8, 4) is 5.75 Å². The normalized spacial score (nSPS) is 20.7. The second kappa shape index (κ2) is 10.8. The molecule has 0 bridgehead atoms. The van der Waals surface area contributed by atoms with Gasteiger partial charge in [0.1, 0.15) is 12.3 Å². The van der Waals surface area contributed by atoms with Gasteiger partial charge in [0.05, 0.1) is 10.6 Å². The lowest BCUT2D eigenvalue weighted by atomic mass is 9.94. The van der Waals surface area contributed by atoms with E-state index in [0.717, 1.165) is 19.3 Å². The molecule has 2 aliphatic rings. The highest BCUT2D eigenvalue weighted by atomic mass is 32.2. The number of carbonyl (C=O) groups is 2. The smallest absolute Gasteiger partial charge is 0.265 e. The molecule has 9 heteroatoms. The van der Waals surface area contributed by atoms with E-state index in [1.54, 1.807) is 6.07 Å². The van der Waals surface area contributed by atoms with Gasteiger partial charge in [-0.3, -0.25) is 14.5 Å². The molecule has 1 N–H and O–H groups in total. The molecule has 1 fully saturated rings. The number of aryl methyl sites for hydroxylation is 1. The number of carbonyl (C=O) groups excluding carboxylic acids is 2. The molecule has 8 nitrogen and oxygen atoms in total. The molecule has 2 heterocycles. The summed E-state index contributed by atoms with van der Waals surface area (Å²) < 4.78 is 33.8. The zero-order valence-corrected chi connectivity index (χ0v) is 21.1. The molecule has 0 radical (unpaired) electrons. The predicted molar refractivity (Wildman–Crippen MR) is 134 cm³/mol. The van der Waals surface area contributed by atoms with Gasteiger partial charge in [0.15, 0.2) is 6.61 Å². The van der Waals surface area contributed by atoms with Gasteiger partial charge in [0, 0.05) is 19.6 Å². The quantitative estimate of drug-likeness (QED) is 0.564. The van der Waals surface area contributed by atoms with Crippen LogP contribution in [0.15, 0.2) is 53.4 Å². The highest BCUT2D eigenvalue weighted by Gasteiger charge is 2.34. The van der Waals surface area contributed by atoms with Crippen molar-refractivity contribution in [1.82, 2.24) is 9.62 Å². The van der Waals surface area contributed by atoms with Crippen molar-refractivity contribution >= 4 is 27.5 Å². The highest BCUT2D eigenvalue weighted by molar-refractivity contribution is 7.89. The molecule has 0 saturated carbocycles. The Balaban J connectivity index is 1.44. The lowest BCUT2D eigenvalue weighted by Gasteiger charge is -2.34. The van der Waals surface area contributed by atoms with Gasteiger partial charge in [0.25, 0.3) is 5.91 Å². The Morgan fingerprint density at radius 2 is 1.80 bits per heavy atom. The lowest BCUT2D eigenvalue weighted by Crippen LogP contribution is -2.45. The number of nitrogens with one attached hydrogen (secondary N) is 1. The summed E-state index contributed by atoms with van der Waals surface area (Å²) in [5.41, 5.74) is 1.50. The minimum Gasteiger partial charge on any atom is -0.482 e. The van der Waals surface area contributed by atoms with Crippen LogP contribution in [0.2, 0.25) is 0 Å². The number of fused-ring (bicyclic) bond motifs is 1. The number of hydrogen-bond acceptors (Lipinski definition) is 5. The number of nitrogens with zero attached hydrogens (tertiary/aromatic N) is 2. The average molecular weight is 500 g/mol. The van der Waals surface area contributed by atoms with E-state index >= 15 is 0 Å². The molecule has 188 valence electrons. The van der Waals surface area contributed by atoms with E-state index in [2.05, 4.69) is 19.2 Å². The first-order chi connectivity index (χ1) is 16.7. The third-order valence-electron chi connectivity index (χ3n) is 6.46. The van der Waals surface area contributed by atoms with Gasteiger partial charge >= 0.3 is 0 Å². The summed E-state index contributed by atoms with van der Waals surface area (Å²) in [4.78, 5) is 26.6. The number of benzene rings is 2. The summed E-state index contributed by atoms with van der Waals surface area (Å²) >= 11 is 0. The van der Waals surface area contributed by atoms with E-state index in [9.17, 15) is 18.0 Å². The van der Waals surface area contributed by atoms with Crippen molar-refractivity contribution in [2.24, 2.45) is 11.8 Å². The Bertz CT molecular complexity index is 1160. The van der Waals surface area contributed by atoms with Gasteiger partial charge in [-0.1, -0.05) is 44.2 Å². The molecule has 2 aromatic rings. The molecule has 2 aliphatic heterocycles. The number of ether oxygens (including phenoxy) is 1. The van der Waals surface area contributed by atoms with Crippen molar-refractivity contribution in [2.75, 3.05) is 37.7 Å². The summed E-state index contributed by atoms with van der Waals surface area (Å²) in [5, 5.41) is 2.86. The fourth-order valence-electron chi connectivity index (χ4n) is 4.83. The largest absolute Gasteiger partial charge is 0.482 e. The van der Waals surface area contributed by atoms with Crippen molar-refractivity contribution in [3.05, 3.63) is 54.1 Å². The Morgan fingerprint density at radius 1 is 1.09 bits per heavy atom. The van der Waals surface area contributed by atoms with E-state index < -0.39 is 10.0 Å². The molecule has 2 aromatic carbocycles. The monoisotopic (exact) mass is 499 g/mol. The van der Waals surface area contributed by atoms with Gasteiger partial charge in [-0.05, 0) is 54.9 Å². The third-order valence-corrected chi connectivity index (χ3v) is 8.28. The molecular formula is C26H33N3O5S. The van der Waals surface area contributed by atoms with Crippen LogP contribution in [0.25, 0.3) is 0 Å². The number of piperidine rings is 1. The molecule has 0 aliphatic carbocycles. The number of amides is 2. The van der Waals surface area contributed by atoms with E-state index in [4.69, 9.17) is 4.74 Å². The third kappa shape index (κ3) is 6.02. The SMILES string of the molecule is C[C@@H]1C[C@H](C)CN(S(=O)(=O)c2ccc3c(c2)N(CC(=O)NCCCc2ccccc2)C(=O)CO3)C1. The van der Waals surface area contributed by atoms with Crippen molar-refractivity contribution in [1.29, 1.82) is 0 Å². The molecule has 35 heavy (non-hydrogen) atoms. The van der Waals surface area contributed by atoms with Crippen molar-refractivity contribution in [2.45, 2.75) is 38.0 Å². The predicted octanol–water partition coefficient (Wildman–Crippen LogP) is 2.83. The summed E-state index contributed by atoms with van der Waals surface area (Å²) in [7, 11) is -3.74. The van der Waals surface area contributed by atoms with E-state index in [0.29, 0.717) is 31.1 Å². The maximum absolute atomic E-state index is 13.4. The minimum atomic E-state index is -3.74. The Morgan fingerprint density at radius 3 is 2.51 bits per heavy atom. The van der Waals surface area contributed by atoms with Crippen LogP contribution in [0, 0.1) is 11.8 Å². The number of hydrogen-bond donors (Lipinski definition) is 1. The highest BCUT2D eigenvalue weighted by Crippen LogP contribution is 2.36. The van der Waals surface area contributed by atoms with Crippen LogP contribution in [-0.4, -0.2) is 57.3 Å². The van der Waals surface area contributed by atoms with Crippen LogP contribution in [0.5, 0.6) is 5.75 Å². The lowest BCUT2D eigenvalue weighted by molar-refractivity contribution is -0.125. The van der Waals surface area contributed by atoms with E-state index in [-0.39, 0.29) is 41.7 Å². The second-order valence-electron chi connectivity index (χ2n) is 9.61. The fraction of sp³-hybridized carbons (Fsp3) is 0.462. The Kier molecular flexibility index (Phi) is 7.76. The average Bonchev–Trinajstić information content (AvgIpc) is 2.83. The maximum atomic E-state index is 13.4. The maximum Gasteiger partial charge on any atom is 0.265 e. The van der Waals surface area contributed by atoms with Crippen LogP contribution in [-0.2, 0) is 26.0 Å². The van der Waals surface area contributed by atoms with Crippen LogP contribution >= 0.6 is 0 Å². The summed E-state index contributed by atoms with van der Waals surface area (Å²) in [6.07, 6.45) is 2.61. The first-order valence-corrected chi connectivity index (χ1v) is 13.6. The van der Waals surface area contributed by atoms with Crippen molar-refractivity contribution < 1.29 is 22.7 Å². The summed E-state index contributed by atoms with van der Waals surface area (Å²) in [6.45, 7) is 5.14. The molecule has 0 spiro atoms. The molecule has 1 saturated heterocycles. The Labute approximate surface area is 207 Å². The first-order valence-electron chi connectivity index (χ1n) is 12.1. The summed E-state index contributed by atoms with van der Waals surface area (Å²) in [5.74, 6) is 0.259. The number of anilines is 1. The van der Waals surface area contributed by atoms with Gasteiger partial charge < -0.3 is 10.1 Å². The van der Waals surface area contributed by atoms with Crippen LogP contribution < -0.4 is 15.0 Å². The number of sulfonamides is 1. The molecule has 2 amide bonds. The zero-order chi connectivity index (χ0) is 25.0. The number of rotatable bonds is 8. The van der Waals surface area contributed by atoms with Gasteiger partial charge in [-0.15, -0.1) is 0 Å². The standard InChI is InChI=1S/C26H33N3O5S/c1-19-13-20(2)16-28(15-19)35(32,33)22-10-11-24-23(14-22)29(26(31)18-34-24)17-25(30)27-12-6-9-21-7-4-3-5-8-21/h3-5,7-8,10-11,14,19-20H,6,9,12-13,15-18H2,1-2H3,(H,27,30)/t19-,20+. The van der Waals surface area contributed by atoms with Gasteiger partial charge in [-0.2, -0.15) is 4.31 Å². The van der Waals surface area contributed by atoms with Crippen LogP contribution in [0.3, 0.4) is 0 Å². The Hall–Kier alpha value is -2.91. The molecule has 4 rings (SSSR count). The summed E-state index contributed by atoms with van der Waals surface area (Å²) in [6, 6.07) is 14.5. The van der Waals surface area contributed by atoms with E-state index in [1.807, 2.05) is 30.3 Å². The molecular weight excluding hydrogens is 466 g/mol. The van der Waals surface area contributed by atoms with Crippen LogP contribution in [0.4, 0.5) is 5.69 Å². The zero-order valence-electron chi connectivity index (χ0n) is 20.3. The molecule has 2 atom stereocenters. The minimum absolute atomic E-state index is 0.101. The van der Waals surface area contributed by atoms with Gasteiger partial charge in [0.2, 0.25) is 15.9 Å². The van der Waals surface area contributed by atoms with E-state index in [1.165, 1.54) is 26.9 Å². The van der Waals surface area contributed by atoms with Gasteiger partial charge in [-0.25, -0.2) is 8.42 Å². The fourth-order valence-corrected chi connectivity index (χ4v) is 6.53. The topological polar surface area (TPSA) is 96.0 Å². The molecule has 0 unspecified atom stereocenters. The molecule has 0 aromatic heterocycles. The van der Waals surface area contributed by atoms with Crippen LogP contribution in [0.1, 0.15) is 32.3 Å². The van der Waals surface area contributed by atoms with Crippen molar-refractivity contribution in [3.63, 3.8) is 0 Å². The second-order valence-corrected chi connectivity index (χ2v) is 11.5.